The maximum atomic E-state index is 13.5. The lowest BCUT2D eigenvalue weighted by Gasteiger charge is -2.08. The number of hydrogen-bond donors (Lipinski definition) is 3. The van der Waals surface area contributed by atoms with E-state index in [1.807, 2.05) is 0 Å². The highest BCUT2D eigenvalue weighted by Gasteiger charge is 2.23. The zero-order chi connectivity index (χ0) is 32.5. The second kappa shape index (κ2) is 15.6. The van der Waals surface area contributed by atoms with Crippen LogP contribution in [0.15, 0.2) is 71.6 Å². The van der Waals surface area contributed by atoms with Crippen LogP contribution in [0.25, 0.3) is 28.2 Å². The minimum Gasteiger partial charge on any atom is -0.493 e. The van der Waals surface area contributed by atoms with Gasteiger partial charge in [0.2, 0.25) is 11.8 Å². The number of rotatable bonds is 17. The van der Waals surface area contributed by atoms with Crippen molar-refractivity contribution in [1.82, 2.24) is 19.7 Å². The number of H-pyrrole nitrogens is 1. The number of aryl methyl sites for hydroxylation is 1. The second-order valence-corrected chi connectivity index (χ2v) is 12.9. The second-order valence-electron chi connectivity index (χ2n) is 10.4. The standard InChI is InChI=1S/C32H35ClFN5O6S/c33-24-6-12-28-29(21-24)37-32(36-28)39-31(40)27(11-3-22-1-7-25(34)8-2-22)30(38-39)23-4-9-26(10-5-23)46(41,42)20-19-45-18-17-44-16-15-43-14-13-35/h1-2,4-10,12,21,40H,3,11,13-20,35H2,(H,36,37). The lowest BCUT2D eigenvalue weighted by Crippen LogP contribution is -2.16. The molecule has 0 aliphatic carbocycles. The van der Waals surface area contributed by atoms with Crippen LogP contribution >= 0.6 is 11.6 Å². The number of ether oxygens (including phenoxy) is 3. The number of imidazole rings is 1. The van der Waals surface area contributed by atoms with Gasteiger partial charge in [-0.15, -0.1) is 0 Å². The van der Waals surface area contributed by atoms with Crippen molar-refractivity contribution in [1.29, 1.82) is 0 Å². The molecule has 0 bridgehead atoms. The van der Waals surface area contributed by atoms with Crippen LogP contribution in [0.4, 0.5) is 4.39 Å². The average molecular weight is 672 g/mol. The topological polar surface area (TPSA) is 155 Å². The monoisotopic (exact) mass is 671 g/mol. The summed E-state index contributed by atoms with van der Waals surface area (Å²) in [6.07, 6.45) is 0.878. The molecule has 0 aliphatic heterocycles. The Kier molecular flexibility index (Phi) is 11.4. The summed E-state index contributed by atoms with van der Waals surface area (Å²) >= 11 is 6.13. The van der Waals surface area contributed by atoms with E-state index in [0.29, 0.717) is 78.7 Å². The first-order valence-corrected chi connectivity index (χ1v) is 16.8. The number of benzene rings is 3. The number of fused-ring (bicyclic) bond motifs is 1. The van der Waals surface area contributed by atoms with Crippen LogP contribution in [-0.4, -0.2) is 85.2 Å². The predicted octanol–water partition coefficient (Wildman–Crippen LogP) is 4.48. The summed E-state index contributed by atoms with van der Waals surface area (Å²) in [5.41, 5.74) is 9.13. The molecule has 0 spiro atoms. The van der Waals surface area contributed by atoms with Gasteiger partial charge in [0.15, 0.2) is 9.84 Å². The van der Waals surface area contributed by atoms with E-state index in [9.17, 15) is 17.9 Å². The molecule has 5 rings (SSSR count). The fraction of sp³-hybridized carbons (Fsp3) is 0.312. The molecule has 0 atom stereocenters. The molecule has 0 saturated heterocycles. The van der Waals surface area contributed by atoms with Crippen molar-refractivity contribution in [3.63, 3.8) is 0 Å². The van der Waals surface area contributed by atoms with E-state index in [-0.39, 0.29) is 41.5 Å². The fourth-order valence-electron chi connectivity index (χ4n) is 4.77. The number of nitrogens with two attached hydrogens (primary N) is 1. The van der Waals surface area contributed by atoms with Crippen molar-refractivity contribution in [3.05, 3.63) is 88.7 Å². The van der Waals surface area contributed by atoms with Gasteiger partial charge in [0.05, 0.1) is 61.3 Å². The summed E-state index contributed by atoms with van der Waals surface area (Å²) in [5, 5.41) is 16.6. The maximum Gasteiger partial charge on any atom is 0.232 e. The summed E-state index contributed by atoms with van der Waals surface area (Å²) in [7, 11) is -3.62. The smallest absolute Gasteiger partial charge is 0.232 e. The quantitative estimate of drug-likeness (QED) is 0.121. The van der Waals surface area contributed by atoms with E-state index in [0.717, 1.165) is 5.56 Å². The van der Waals surface area contributed by atoms with Crippen molar-refractivity contribution in [3.8, 4) is 23.1 Å². The van der Waals surface area contributed by atoms with Crippen molar-refractivity contribution < 1.29 is 32.1 Å². The van der Waals surface area contributed by atoms with E-state index in [4.69, 9.17) is 31.5 Å². The molecule has 0 amide bonds. The van der Waals surface area contributed by atoms with E-state index in [2.05, 4.69) is 15.1 Å². The molecule has 46 heavy (non-hydrogen) atoms. The van der Waals surface area contributed by atoms with Gasteiger partial charge in [-0.1, -0.05) is 35.9 Å². The van der Waals surface area contributed by atoms with Crippen molar-refractivity contribution in [2.75, 3.05) is 51.9 Å². The van der Waals surface area contributed by atoms with E-state index in [1.165, 1.54) is 28.9 Å². The van der Waals surface area contributed by atoms with Gasteiger partial charge in [-0.05, 0) is 60.9 Å². The number of aromatic amines is 1. The number of aromatic hydroxyl groups is 1. The number of halogens is 2. The van der Waals surface area contributed by atoms with Crippen LogP contribution in [0.2, 0.25) is 5.02 Å². The molecule has 244 valence electrons. The summed E-state index contributed by atoms with van der Waals surface area (Å²) in [4.78, 5) is 7.83. The van der Waals surface area contributed by atoms with Gasteiger partial charge >= 0.3 is 0 Å². The first-order valence-electron chi connectivity index (χ1n) is 14.7. The molecule has 4 N–H and O–H groups in total. The predicted molar refractivity (Wildman–Crippen MR) is 173 cm³/mol. The van der Waals surface area contributed by atoms with Crippen LogP contribution < -0.4 is 5.73 Å². The fourth-order valence-corrected chi connectivity index (χ4v) is 6.06. The number of hydrogen-bond acceptors (Lipinski definition) is 9. The zero-order valence-corrected chi connectivity index (χ0v) is 26.6. The summed E-state index contributed by atoms with van der Waals surface area (Å²) < 4.78 is 56.7. The normalized spacial score (nSPS) is 11.9. The summed E-state index contributed by atoms with van der Waals surface area (Å²) in [6, 6.07) is 17.7. The highest BCUT2D eigenvalue weighted by Crippen LogP contribution is 2.34. The minimum absolute atomic E-state index is 0.0195. The molecule has 0 saturated carbocycles. The van der Waals surface area contributed by atoms with Crippen LogP contribution in [0.5, 0.6) is 5.88 Å². The molecular weight excluding hydrogens is 637 g/mol. The Labute approximate surface area is 271 Å². The highest BCUT2D eigenvalue weighted by atomic mass is 35.5. The van der Waals surface area contributed by atoms with Crippen molar-refractivity contribution >= 4 is 32.5 Å². The Bertz CT molecular complexity index is 1850. The number of nitrogens with zero attached hydrogens (tertiary/aromatic N) is 3. The van der Waals surface area contributed by atoms with Gasteiger partial charge in [-0.25, -0.2) is 17.8 Å². The molecule has 0 fully saturated rings. The molecule has 0 radical (unpaired) electrons. The highest BCUT2D eigenvalue weighted by molar-refractivity contribution is 7.91. The van der Waals surface area contributed by atoms with Gasteiger partial charge in [-0.3, -0.25) is 0 Å². The number of aromatic nitrogens is 4. The summed E-state index contributed by atoms with van der Waals surface area (Å²) in [6.45, 7) is 2.38. The molecule has 2 heterocycles. The van der Waals surface area contributed by atoms with Crippen molar-refractivity contribution in [2.24, 2.45) is 5.73 Å². The zero-order valence-electron chi connectivity index (χ0n) is 25.0. The number of nitrogens with one attached hydrogen (secondary N) is 1. The van der Waals surface area contributed by atoms with E-state index >= 15 is 0 Å². The van der Waals surface area contributed by atoms with Crippen LogP contribution in [0.3, 0.4) is 0 Å². The molecular formula is C32H35ClFN5O6S. The molecule has 3 aromatic carbocycles. The Morgan fingerprint density at radius 1 is 0.891 bits per heavy atom. The Balaban J connectivity index is 1.30. The molecule has 2 aromatic heterocycles. The van der Waals surface area contributed by atoms with E-state index in [1.54, 1.807) is 42.5 Å². The largest absolute Gasteiger partial charge is 0.493 e. The van der Waals surface area contributed by atoms with Crippen LogP contribution in [0, 0.1) is 5.82 Å². The van der Waals surface area contributed by atoms with E-state index < -0.39 is 9.84 Å². The van der Waals surface area contributed by atoms with Gasteiger partial charge in [0.25, 0.3) is 0 Å². The third-order valence-corrected chi connectivity index (χ3v) is 9.09. The minimum atomic E-state index is -3.62. The SMILES string of the molecule is NCCOCCOCCOCCS(=O)(=O)c1ccc(-c2nn(-c3nc4cc(Cl)ccc4[nH]3)c(O)c2CCc2ccc(F)cc2)cc1. The van der Waals surface area contributed by atoms with Crippen molar-refractivity contribution in [2.45, 2.75) is 17.7 Å². The summed E-state index contributed by atoms with van der Waals surface area (Å²) in [5.74, 6) is -0.363. The van der Waals surface area contributed by atoms with Gasteiger partial charge < -0.3 is 30.0 Å². The van der Waals surface area contributed by atoms with Gasteiger partial charge in [-0.2, -0.15) is 9.78 Å². The molecule has 5 aromatic rings. The van der Waals surface area contributed by atoms with Crippen LogP contribution in [0.1, 0.15) is 11.1 Å². The molecule has 0 unspecified atom stereocenters. The Morgan fingerprint density at radius 3 is 2.26 bits per heavy atom. The molecule has 14 heteroatoms. The third kappa shape index (κ3) is 8.49. The Hall–Kier alpha value is -3.85. The lowest BCUT2D eigenvalue weighted by molar-refractivity contribution is 0.0188. The number of sulfone groups is 1. The van der Waals surface area contributed by atoms with Gasteiger partial charge in [0, 0.05) is 22.7 Å². The lowest BCUT2D eigenvalue weighted by atomic mass is 10.0. The van der Waals surface area contributed by atoms with Gasteiger partial charge in [0.1, 0.15) is 11.5 Å². The third-order valence-electron chi connectivity index (χ3n) is 7.16. The first kappa shape index (κ1) is 33.5. The molecule has 0 aliphatic rings. The molecule has 11 nitrogen and oxygen atoms in total. The maximum absolute atomic E-state index is 13.5. The Morgan fingerprint density at radius 2 is 1.57 bits per heavy atom. The van der Waals surface area contributed by atoms with Crippen LogP contribution in [-0.2, 0) is 36.9 Å². The average Bonchev–Trinajstić information content (AvgIpc) is 3.61. The first-order chi connectivity index (χ1) is 22.2.